The van der Waals surface area contributed by atoms with Crippen molar-refractivity contribution in [3.8, 4) is 0 Å². The number of anilines is 3. The quantitative estimate of drug-likeness (QED) is 0.671. The van der Waals surface area contributed by atoms with Crippen molar-refractivity contribution in [1.82, 2.24) is 15.2 Å². The van der Waals surface area contributed by atoms with Gasteiger partial charge in [-0.1, -0.05) is 56.3 Å². The first-order chi connectivity index (χ1) is 12.2. The maximum absolute atomic E-state index is 4.46. The van der Waals surface area contributed by atoms with Gasteiger partial charge in [0.2, 0.25) is 5.95 Å². The molecule has 2 aromatic carbocycles. The monoisotopic (exact) mass is 333 g/mol. The predicted molar refractivity (Wildman–Crippen MR) is 102 cm³/mol. The summed E-state index contributed by atoms with van der Waals surface area (Å²) in [5, 5.41) is 14.5. The summed E-state index contributed by atoms with van der Waals surface area (Å²) in [6.07, 6.45) is 2.54. The fourth-order valence-corrected chi connectivity index (χ4v) is 2.50. The van der Waals surface area contributed by atoms with E-state index in [1.165, 1.54) is 11.1 Å². The van der Waals surface area contributed by atoms with Crippen LogP contribution in [0.1, 0.15) is 30.9 Å². The summed E-state index contributed by atoms with van der Waals surface area (Å²) < 4.78 is 0. The third kappa shape index (κ3) is 5.01. The normalized spacial score (nSPS) is 10.7. The Hall–Kier alpha value is -2.95. The molecular formula is C20H23N5. The second-order valence-corrected chi connectivity index (χ2v) is 6.23. The average Bonchev–Trinajstić information content (AvgIpc) is 2.63. The molecule has 0 spiro atoms. The lowest BCUT2D eigenvalue weighted by molar-refractivity contribution is 0.867. The molecule has 0 unspecified atom stereocenters. The highest BCUT2D eigenvalue weighted by atomic mass is 15.3. The zero-order chi connectivity index (χ0) is 17.5. The molecule has 5 heteroatoms. The molecule has 0 atom stereocenters. The molecule has 0 fully saturated rings. The van der Waals surface area contributed by atoms with E-state index in [0.29, 0.717) is 17.7 Å². The van der Waals surface area contributed by atoms with Crippen LogP contribution in [0.2, 0.25) is 0 Å². The summed E-state index contributed by atoms with van der Waals surface area (Å²) in [4.78, 5) is 4.46. The van der Waals surface area contributed by atoms with Gasteiger partial charge in [-0.15, -0.1) is 5.10 Å². The molecule has 0 aliphatic rings. The van der Waals surface area contributed by atoms with Crippen molar-refractivity contribution in [2.45, 2.75) is 26.2 Å². The maximum atomic E-state index is 4.46. The second kappa shape index (κ2) is 8.24. The molecule has 3 rings (SSSR count). The van der Waals surface area contributed by atoms with Crippen molar-refractivity contribution in [2.24, 2.45) is 0 Å². The van der Waals surface area contributed by atoms with Crippen molar-refractivity contribution in [3.63, 3.8) is 0 Å². The van der Waals surface area contributed by atoms with Gasteiger partial charge in [0.05, 0.1) is 6.20 Å². The Morgan fingerprint density at radius 1 is 0.960 bits per heavy atom. The van der Waals surface area contributed by atoms with E-state index in [2.05, 4.69) is 76.1 Å². The van der Waals surface area contributed by atoms with E-state index < -0.39 is 0 Å². The second-order valence-electron chi connectivity index (χ2n) is 6.23. The van der Waals surface area contributed by atoms with Gasteiger partial charge in [0.25, 0.3) is 0 Å². The van der Waals surface area contributed by atoms with E-state index in [4.69, 9.17) is 0 Å². The Morgan fingerprint density at radius 2 is 1.72 bits per heavy atom. The smallest absolute Gasteiger partial charge is 0.244 e. The molecule has 0 bridgehead atoms. The van der Waals surface area contributed by atoms with Gasteiger partial charge in [0.15, 0.2) is 5.82 Å². The van der Waals surface area contributed by atoms with Crippen LogP contribution >= 0.6 is 0 Å². The van der Waals surface area contributed by atoms with Gasteiger partial charge in [0, 0.05) is 12.2 Å². The molecule has 0 aliphatic heterocycles. The van der Waals surface area contributed by atoms with Crippen LogP contribution in [-0.4, -0.2) is 21.7 Å². The maximum Gasteiger partial charge on any atom is 0.244 e. The number of rotatable bonds is 7. The van der Waals surface area contributed by atoms with E-state index in [9.17, 15) is 0 Å². The van der Waals surface area contributed by atoms with Crippen LogP contribution in [0.3, 0.4) is 0 Å². The zero-order valence-corrected chi connectivity index (χ0v) is 14.6. The van der Waals surface area contributed by atoms with Crippen molar-refractivity contribution >= 4 is 17.5 Å². The molecule has 0 saturated carbocycles. The van der Waals surface area contributed by atoms with Gasteiger partial charge in [-0.05, 0) is 35.6 Å². The lowest BCUT2D eigenvalue weighted by Crippen LogP contribution is -2.09. The van der Waals surface area contributed by atoms with Gasteiger partial charge in [-0.25, -0.2) is 0 Å². The number of nitrogens with one attached hydrogen (secondary N) is 2. The molecule has 25 heavy (non-hydrogen) atoms. The summed E-state index contributed by atoms with van der Waals surface area (Å²) in [6.45, 7) is 5.13. The predicted octanol–water partition coefficient (Wildman–Crippen LogP) is 4.39. The van der Waals surface area contributed by atoms with Crippen LogP contribution in [0.5, 0.6) is 0 Å². The van der Waals surface area contributed by atoms with Crippen molar-refractivity contribution in [2.75, 3.05) is 17.2 Å². The van der Waals surface area contributed by atoms with E-state index in [1.54, 1.807) is 6.20 Å². The summed E-state index contributed by atoms with van der Waals surface area (Å²) >= 11 is 0. The van der Waals surface area contributed by atoms with Gasteiger partial charge in [-0.2, -0.15) is 10.1 Å². The van der Waals surface area contributed by atoms with Crippen LogP contribution in [0.25, 0.3) is 0 Å². The van der Waals surface area contributed by atoms with Gasteiger partial charge >= 0.3 is 0 Å². The minimum Gasteiger partial charge on any atom is -0.353 e. The standard InChI is InChI=1S/C20H23N5/c1-15(2)17-8-10-18(11-9-17)23-19-14-22-25-20(24-19)21-13-12-16-6-4-3-5-7-16/h3-11,14-15H,12-13H2,1-2H3,(H2,21,23,24,25). The van der Waals surface area contributed by atoms with E-state index in [1.807, 2.05) is 18.2 Å². The zero-order valence-electron chi connectivity index (χ0n) is 14.6. The first-order valence-electron chi connectivity index (χ1n) is 8.55. The fourth-order valence-electron chi connectivity index (χ4n) is 2.50. The Bertz CT molecular complexity index is 785. The number of nitrogens with zero attached hydrogens (tertiary/aromatic N) is 3. The highest BCUT2D eigenvalue weighted by Gasteiger charge is 2.03. The number of hydrogen-bond acceptors (Lipinski definition) is 5. The molecule has 5 nitrogen and oxygen atoms in total. The summed E-state index contributed by atoms with van der Waals surface area (Å²) in [7, 11) is 0. The third-order valence-electron chi connectivity index (χ3n) is 3.95. The van der Waals surface area contributed by atoms with Crippen LogP contribution in [0, 0.1) is 0 Å². The lowest BCUT2D eigenvalue weighted by Gasteiger charge is -2.09. The molecule has 0 amide bonds. The van der Waals surface area contributed by atoms with E-state index in [-0.39, 0.29) is 0 Å². The minimum atomic E-state index is 0.523. The summed E-state index contributed by atoms with van der Waals surface area (Å²) in [5.74, 6) is 1.73. The van der Waals surface area contributed by atoms with Crippen LogP contribution in [-0.2, 0) is 6.42 Å². The highest BCUT2D eigenvalue weighted by Crippen LogP contribution is 2.19. The molecule has 0 radical (unpaired) electrons. The first-order valence-corrected chi connectivity index (χ1v) is 8.55. The molecule has 128 valence electrons. The first kappa shape index (κ1) is 16.9. The van der Waals surface area contributed by atoms with Crippen LogP contribution in [0.15, 0.2) is 60.8 Å². The van der Waals surface area contributed by atoms with Gasteiger partial charge in [-0.3, -0.25) is 0 Å². The minimum absolute atomic E-state index is 0.523. The van der Waals surface area contributed by atoms with Crippen molar-refractivity contribution in [1.29, 1.82) is 0 Å². The summed E-state index contributed by atoms with van der Waals surface area (Å²) in [5.41, 5.74) is 3.58. The molecule has 3 aromatic rings. The van der Waals surface area contributed by atoms with E-state index >= 15 is 0 Å². The molecule has 1 aromatic heterocycles. The molecule has 1 heterocycles. The third-order valence-corrected chi connectivity index (χ3v) is 3.95. The Morgan fingerprint density at radius 3 is 2.44 bits per heavy atom. The van der Waals surface area contributed by atoms with Gasteiger partial charge < -0.3 is 10.6 Å². The average molecular weight is 333 g/mol. The van der Waals surface area contributed by atoms with Crippen LogP contribution < -0.4 is 10.6 Å². The van der Waals surface area contributed by atoms with E-state index in [0.717, 1.165) is 18.7 Å². The Labute approximate surface area is 148 Å². The number of hydrogen-bond donors (Lipinski definition) is 2. The number of aromatic nitrogens is 3. The molecule has 0 saturated heterocycles. The topological polar surface area (TPSA) is 62.7 Å². The SMILES string of the molecule is CC(C)c1ccc(Nc2cnnc(NCCc3ccccc3)n2)cc1. The Kier molecular flexibility index (Phi) is 5.57. The van der Waals surface area contributed by atoms with Gasteiger partial charge in [0.1, 0.15) is 0 Å². The van der Waals surface area contributed by atoms with Crippen molar-refractivity contribution in [3.05, 3.63) is 71.9 Å². The van der Waals surface area contributed by atoms with Crippen molar-refractivity contribution < 1.29 is 0 Å². The van der Waals surface area contributed by atoms with Crippen LogP contribution in [0.4, 0.5) is 17.5 Å². The molecule has 0 aliphatic carbocycles. The Balaban J connectivity index is 1.57. The highest BCUT2D eigenvalue weighted by molar-refractivity contribution is 5.56. The largest absolute Gasteiger partial charge is 0.353 e. The summed E-state index contributed by atoms with van der Waals surface area (Å²) in [6, 6.07) is 18.7. The molecular weight excluding hydrogens is 310 g/mol. The lowest BCUT2D eigenvalue weighted by atomic mass is 10.0. The number of benzene rings is 2. The molecule has 2 N–H and O–H groups in total. The fraction of sp³-hybridized carbons (Fsp3) is 0.250.